The number of fused-ring (bicyclic) bond motifs is 1. The average molecular weight is 390 g/mol. The van der Waals surface area contributed by atoms with Crippen molar-refractivity contribution in [3.05, 3.63) is 29.0 Å². The van der Waals surface area contributed by atoms with Gasteiger partial charge in [0.1, 0.15) is 5.82 Å². The second-order valence-corrected chi connectivity index (χ2v) is 8.50. The number of likely N-dealkylation sites (tertiary alicyclic amines) is 1. The van der Waals surface area contributed by atoms with Crippen LogP contribution in [0.2, 0.25) is 5.02 Å². The Bertz CT molecular complexity index is 818. The van der Waals surface area contributed by atoms with Crippen molar-refractivity contribution in [2.24, 2.45) is 11.7 Å². The zero-order valence-corrected chi connectivity index (χ0v) is 16.6. The van der Waals surface area contributed by atoms with Crippen LogP contribution in [0.3, 0.4) is 0 Å². The van der Waals surface area contributed by atoms with Gasteiger partial charge in [-0.3, -0.25) is 9.69 Å². The highest BCUT2D eigenvalue weighted by Gasteiger charge is 2.37. The average Bonchev–Trinajstić information content (AvgIpc) is 3.25. The Labute approximate surface area is 165 Å². The Morgan fingerprint density at radius 3 is 2.85 bits per heavy atom. The number of nitrogens with two attached hydrogens (primary N) is 1. The molecule has 1 saturated carbocycles. The Morgan fingerprint density at radius 2 is 2.11 bits per heavy atom. The maximum Gasteiger partial charge on any atom is 0.224 e. The highest BCUT2D eigenvalue weighted by molar-refractivity contribution is 6.31. The van der Waals surface area contributed by atoms with Gasteiger partial charge in [-0.15, -0.1) is 0 Å². The smallest absolute Gasteiger partial charge is 0.224 e. The summed E-state index contributed by atoms with van der Waals surface area (Å²) in [7, 11) is 1.85. The molecule has 7 heteroatoms. The van der Waals surface area contributed by atoms with Crippen molar-refractivity contribution < 1.29 is 4.79 Å². The van der Waals surface area contributed by atoms with Gasteiger partial charge >= 0.3 is 0 Å². The first-order valence-electron chi connectivity index (χ1n) is 9.87. The molecule has 0 radical (unpaired) electrons. The minimum Gasteiger partial charge on any atom is -0.340 e. The number of benzene rings is 1. The SMILES string of the molecule is CN(Cc1nc2ccc(Cl)cc2[nH]1)C(=O)C[C@@H]1CC[C@H](CN)N1CC1CC1. The minimum atomic E-state index is 0.164. The number of amides is 1. The molecule has 1 amide bonds. The summed E-state index contributed by atoms with van der Waals surface area (Å²) in [6.07, 6.45) is 5.38. The van der Waals surface area contributed by atoms with Gasteiger partial charge in [0, 0.05) is 43.7 Å². The lowest BCUT2D eigenvalue weighted by Crippen LogP contribution is -2.43. The molecule has 6 nitrogen and oxygen atoms in total. The van der Waals surface area contributed by atoms with E-state index in [1.165, 1.54) is 12.8 Å². The topological polar surface area (TPSA) is 78.2 Å². The molecule has 2 heterocycles. The highest BCUT2D eigenvalue weighted by Crippen LogP contribution is 2.35. The van der Waals surface area contributed by atoms with Crippen LogP contribution in [0.15, 0.2) is 18.2 Å². The lowest BCUT2D eigenvalue weighted by molar-refractivity contribution is -0.131. The first kappa shape index (κ1) is 18.7. The van der Waals surface area contributed by atoms with Gasteiger partial charge < -0.3 is 15.6 Å². The number of hydrogen-bond donors (Lipinski definition) is 2. The predicted octanol–water partition coefficient (Wildman–Crippen LogP) is 2.77. The number of halogens is 1. The maximum absolute atomic E-state index is 12.8. The van der Waals surface area contributed by atoms with E-state index in [2.05, 4.69) is 14.9 Å². The Kier molecular flexibility index (Phi) is 5.39. The van der Waals surface area contributed by atoms with E-state index in [9.17, 15) is 4.79 Å². The maximum atomic E-state index is 12.8. The molecule has 3 N–H and O–H groups in total. The van der Waals surface area contributed by atoms with E-state index >= 15 is 0 Å². The Balaban J connectivity index is 1.37. The molecule has 2 aliphatic rings. The summed E-state index contributed by atoms with van der Waals surface area (Å²) in [5.74, 6) is 1.76. The molecule has 1 aliphatic carbocycles. The Hall–Kier alpha value is -1.63. The summed E-state index contributed by atoms with van der Waals surface area (Å²) < 4.78 is 0. The number of nitrogens with one attached hydrogen (secondary N) is 1. The second-order valence-electron chi connectivity index (χ2n) is 8.06. The molecule has 4 rings (SSSR count). The van der Waals surface area contributed by atoms with Crippen LogP contribution in [0.4, 0.5) is 0 Å². The zero-order valence-electron chi connectivity index (χ0n) is 15.8. The molecule has 2 fully saturated rings. The molecule has 0 bridgehead atoms. The van der Waals surface area contributed by atoms with E-state index in [0.29, 0.717) is 36.6 Å². The largest absolute Gasteiger partial charge is 0.340 e. The molecule has 2 atom stereocenters. The third-order valence-corrected chi connectivity index (χ3v) is 6.16. The van der Waals surface area contributed by atoms with E-state index in [-0.39, 0.29) is 5.91 Å². The fourth-order valence-electron chi connectivity index (χ4n) is 4.16. The summed E-state index contributed by atoms with van der Waals surface area (Å²) in [6, 6.07) is 6.33. The van der Waals surface area contributed by atoms with Gasteiger partial charge in [0.2, 0.25) is 5.91 Å². The zero-order chi connectivity index (χ0) is 19.0. The molecule has 27 heavy (non-hydrogen) atoms. The summed E-state index contributed by atoms with van der Waals surface area (Å²) in [5, 5.41) is 0.675. The van der Waals surface area contributed by atoms with Crippen molar-refractivity contribution >= 4 is 28.5 Å². The van der Waals surface area contributed by atoms with Crippen molar-refractivity contribution in [2.45, 2.75) is 50.7 Å². The highest BCUT2D eigenvalue weighted by atomic mass is 35.5. The van der Waals surface area contributed by atoms with Crippen LogP contribution in [0.5, 0.6) is 0 Å². The molecule has 146 valence electrons. The lowest BCUT2D eigenvalue weighted by Gasteiger charge is -2.30. The summed E-state index contributed by atoms with van der Waals surface area (Å²) >= 11 is 6.03. The van der Waals surface area contributed by atoms with Gasteiger partial charge in [-0.1, -0.05) is 11.6 Å². The second kappa shape index (κ2) is 7.78. The van der Waals surface area contributed by atoms with Gasteiger partial charge in [0.05, 0.1) is 17.6 Å². The molecular weight excluding hydrogens is 362 g/mol. The standard InChI is InChI=1S/C20H28ClN5O/c1-25(12-19-23-17-7-4-14(21)8-18(17)24-19)20(27)9-15-5-6-16(10-22)26(15)11-13-2-3-13/h4,7-8,13,15-16H,2-3,5-6,9-12,22H2,1H3,(H,23,24)/t15-,16+/m0/s1. The van der Waals surface area contributed by atoms with Crippen LogP contribution in [0.1, 0.15) is 37.9 Å². The molecule has 0 unspecified atom stereocenters. The quantitative estimate of drug-likeness (QED) is 0.763. The van der Waals surface area contributed by atoms with Crippen LogP contribution < -0.4 is 5.73 Å². The third kappa shape index (κ3) is 4.28. The van der Waals surface area contributed by atoms with Crippen LogP contribution in [0, 0.1) is 5.92 Å². The fraction of sp³-hybridized carbons (Fsp3) is 0.600. The molecule has 0 spiro atoms. The minimum absolute atomic E-state index is 0.164. The van der Waals surface area contributed by atoms with Crippen molar-refractivity contribution in [3.8, 4) is 0 Å². The number of imidazole rings is 1. The monoisotopic (exact) mass is 389 g/mol. The molecular formula is C20H28ClN5O. The van der Waals surface area contributed by atoms with Gasteiger partial charge in [0.15, 0.2) is 0 Å². The number of H-pyrrole nitrogens is 1. The van der Waals surface area contributed by atoms with Gasteiger partial charge in [-0.25, -0.2) is 4.98 Å². The number of aromatic nitrogens is 2. The van der Waals surface area contributed by atoms with E-state index in [1.54, 1.807) is 4.90 Å². The number of carbonyl (C=O) groups is 1. The fourth-order valence-corrected chi connectivity index (χ4v) is 4.34. The van der Waals surface area contributed by atoms with Crippen molar-refractivity contribution in [1.29, 1.82) is 0 Å². The summed E-state index contributed by atoms with van der Waals surface area (Å²) in [6.45, 7) is 2.27. The van der Waals surface area contributed by atoms with Crippen LogP contribution in [-0.4, -0.2) is 57.9 Å². The van der Waals surface area contributed by atoms with E-state index in [4.69, 9.17) is 17.3 Å². The van der Waals surface area contributed by atoms with Crippen molar-refractivity contribution in [3.63, 3.8) is 0 Å². The first-order valence-corrected chi connectivity index (χ1v) is 10.2. The molecule has 1 aliphatic heterocycles. The first-order chi connectivity index (χ1) is 13.0. The lowest BCUT2D eigenvalue weighted by atomic mass is 10.1. The molecule has 1 aromatic heterocycles. The summed E-state index contributed by atoms with van der Waals surface area (Å²) in [5.41, 5.74) is 7.73. The van der Waals surface area contributed by atoms with Gasteiger partial charge in [0.25, 0.3) is 0 Å². The van der Waals surface area contributed by atoms with E-state index in [0.717, 1.165) is 42.2 Å². The Morgan fingerprint density at radius 1 is 1.33 bits per heavy atom. The molecule has 2 aromatic rings. The number of hydrogen-bond acceptors (Lipinski definition) is 4. The van der Waals surface area contributed by atoms with E-state index in [1.807, 2.05) is 25.2 Å². The number of nitrogens with zero attached hydrogens (tertiary/aromatic N) is 3. The van der Waals surface area contributed by atoms with Crippen molar-refractivity contribution in [1.82, 2.24) is 19.8 Å². The van der Waals surface area contributed by atoms with Gasteiger partial charge in [-0.2, -0.15) is 0 Å². The predicted molar refractivity (Wildman–Crippen MR) is 107 cm³/mol. The summed E-state index contributed by atoms with van der Waals surface area (Å²) in [4.78, 5) is 24.9. The van der Waals surface area contributed by atoms with Crippen LogP contribution in [0.25, 0.3) is 11.0 Å². The van der Waals surface area contributed by atoms with Gasteiger partial charge in [-0.05, 0) is 49.8 Å². The van der Waals surface area contributed by atoms with Crippen LogP contribution in [-0.2, 0) is 11.3 Å². The number of rotatable bonds is 7. The van der Waals surface area contributed by atoms with Crippen LogP contribution >= 0.6 is 11.6 Å². The normalized spacial score (nSPS) is 23.2. The van der Waals surface area contributed by atoms with Crippen molar-refractivity contribution in [2.75, 3.05) is 20.1 Å². The molecule has 1 aromatic carbocycles. The molecule has 1 saturated heterocycles. The number of carbonyl (C=O) groups excluding carboxylic acids is 1. The van der Waals surface area contributed by atoms with E-state index < -0.39 is 0 Å². The third-order valence-electron chi connectivity index (χ3n) is 5.93. The number of aromatic amines is 1.